The van der Waals surface area contributed by atoms with E-state index in [9.17, 15) is 4.79 Å². The molecule has 0 bridgehead atoms. The number of benzene rings is 2. The Morgan fingerprint density at radius 1 is 1.09 bits per heavy atom. The average molecular weight is 302 g/mol. The van der Waals surface area contributed by atoms with E-state index in [1.165, 1.54) is 6.92 Å². The van der Waals surface area contributed by atoms with E-state index in [1.807, 2.05) is 30.3 Å². The lowest BCUT2D eigenvalue weighted by atomic mass is 10.1. The number of carboxylic acid groups (broad SMARTS) is 1. The van der Waals surface area contributed by atoms with Crippen molar-refractivity contribution in [3.8, 4) is 11.5 Å². The third-order valence-corrected chi connectivity index (χ3v) is 3.50. The Morgan fingerprint density at radius 3 is 2.36 bits per heavy atom. The van der Waals surface area contributed by atoms with Crippen molar-refractivity contribution in [2.24, 2.45) is 0 Å². The fraction of sp³-hybridized carbons (Fsp3) is 0.389. The number of unbranched alkanes of at least 4 members (excludes halogenated alkanes) is 2. The molecule has 118 valence electrons. The number of carbonyl (C=O) groups is 1. The molecule has 0 aliphatic rings. The molecule has 1 unspecified atom stereocenters. The molecule has 0 radical (unpaired) electrons. The number of carboxylic acids is 1. The predicted octanol–water partition coefficient (Wildman–Crippen LogP) is 4.26. The highest BCUT2D eigenvalue weighted by atomic mass is 16.5. The summed E-state index contributed by atoms with van der Waals surface area (Å²) in [5.74, 6) is 0.386. The zero-order chi connectivity index (χ0) is 15.9. The molecule has 0 saturated carbocycles. The van der Waals surface area contributed by atoms with Crippen molar-refractivity contribution in [3.05, 3.63) is 36.4 Å². The Hall–Kier alpha value is -2.23. The molecule has 0 aliphatic heterocycles. The van der Waals surface area contributed by atoms with E-state index in [-0.39, 0.29) is 0 Å². The van der Waals surface area contributed by atoms with Gasteiger partial charge in [-0.1, -0.05) is 44.0 Å². The molecule has 1 N–H and O–H groups in total. The first-order chi connectivity index (χ1) is 10.6. The Balaban J connectivity index is 2.24. The number of aliphatic carboxylic acids is 1. The Kier molecular flexibility index (Phi) is 5.64. The van der Waals surface area contributed by atoms with Crippen LogP contribution >= 0.6 is 0 Å². The van der Waals surface area contributed by atoms with E-state index in [1.54, 1.807) is 6.07 Å². The lowest BCUT2D eigenvalue weighted by molar-refractivity contribution is -0.144. The van der Waals surface area contributed by atoms with Crippen LogP contribution in [0.1, 0.15) is 33.1 Å². The number of hydrogen-bond donors (Lipinski definition) is 1. The van der Waals surface area contributed by atoms with Gasteiger partial charge in [0.1, 0.15) is 11.5 Å². The van der Waals surface area contributed by atoms with Crippen molar-refractivity contribution < 1.29 is 19.4 Å². The second-order valence-electron chi connectivity index (χ2n) is 5.26. The highest BCUT2D eigenvalue weighted by molar-refractivity contribution is 5.93. The molecule has 0 saturated heterocycles. The maximum absolute atomic E-state index is 11.0. The predicted molar refractivity (Wildman–Crippen MR) is 86.7 cm³/mol. The smallest absolute Gasteiger partial charge is 0.344 e. The topological polar surface area (TPSA) is 55.8 Å². The molecule has 2 aromatic rings. The van der Waals surface area contributed by atoms with Gasteiger partial charge in [0.05, 0.1) is 6.61 Å². The third kappa shape index (κ3) is 3.91. The van der Waals surface area contributed by atoms with Crippen molar-refractivity contribution in [2.45, 2.75) is 39.2 Å². The summed E-state index contributed by atoms with van der Waals surface area (Å²) < 4.78 is 11.4. The monoisotopic (exact) mass is 302 g/mol. The van der Waals surface area contributed by atoms with Crippen LogP contribution in [0.25, 0.3) is 10.8 Å². The average Bonchev–Trinajstić information content (AvgIpc) is 2.52. The van der Waals surface area contributed by atoms with Gasteiger partial charge in [0.15, 0.2) is 6.10 Å². The summed E-state index contributed by atoms with van der Waals surface area (Å²) in [6, 6.07) is 11.3. The van der Waals surface area contributed by atoms with Crippen LogP contribution in [0.2, 0.25) is 0 Å². The number of hydrogen-bond acceptors (Lipinski definition) is 3. The summed E-state index contributed by atoms with van der Waals surface area (Å²) in [6.07, 6.45) is 2.44. The summed E-state index contributed by atoms with van der Waals surface area (Å²) in [6.45, 7) is 4.36. The Bertz CT molecular complexity index is 636. The van der Waals surface area contributed by atoms with Crippen LogP contribution in [0.5, 0.6) is 11.5 Å². The van der Waals surface area contributed by atoms with Gasteiger partial charge < -0.3 is 14.6 Å². The minimum atomic E-state index is -0.982. The quantitative estimate of drug-likeness (QED) is 0.740. The van der Waals surface area contributed by atoms with Gasteiger partial charge in [-0.05, 0) is 25.5 Å². The molecule has 0 fully saturated rings. The summed E-state index contributed by atoms with van der Waals surface area (Å²) >= 11 is 0. The second kappa shape index (κ2) is 7.69. The van der Waals surface area contributed by atoms with Crippen molar-refractivity contribution in [1.29, 1.82) is 0 Å². The van der Waals surface area contributed by atoms with E-state index in [0.717, 1.165) is 35.8 Å². The van der Waals surface area contributed by atoms with Crippen LogP contribution in [-0.2, 0) is 4.79 Å². The second-order valence-corrected chi connectivity index (χ2v) is 5.26. The van der Waals surface area contributed by atoms with E-state index in [0.29, 0.717) is 12.4 Å². The van der Waals surface area contributed by atoms with Crippen LogP contribution in [0.15, 0.2) is 36.4 Å². The molecule has 22 heavy (non-hydrogen) atoms. The van der Waals surface area contributed by atoms with Crippen molar-refractivity contribution in [3.63, 3.8) is 0 Å². The minimum Gasteiger partial charge on any atom is -0.493 e. The van der Waals surface area contributed by atoms with Crippen LogP contribution in [-0.4, -0.2) is 23.8 Å². The first-order valence-corrected chi connectivity index (χ1v) is 7.67. The van der Waals surface area contributed by atoms with Crippen molar-refractivity contribution in [2.75, 3.05) is 6.61 Å². The van der Waals surface area contributed by atoms with Gasteiger partial charge in [-0.3, -0.25) is 0 Å². The van der Waals surface area contributed by atoms with Crippen LogP contribution in [0.3, 0.4) is 0 Å². The van der Waals surface area contributed by atoms with Gasteiger partial charge in [-0.25, -0.2) is 4.79 Å². The highest BCUT2D eigenvalue weighted by Gasteiger charge is 2.14. The van der Waals surface area contributed by atoms with Gasteiger partial charge in [-0.2, -0.15) is 0 Å². The summed E-state index contributed by atoms with van der Waals surface area (Å²) in [5.41, 5.74) is 0. The van der Waals surface area contributed by atoms with Crippen LogP contribution in [0.4, 0.5) is 0 Å². The SMILES string of the molecule is CCCCCOc1cccc2c(OC(C)C(=O)O)cccc12. The van der Waals surface area contributed by atoms with Crippen molar-refractivity contribution >= 4 is 16.7 Å². The maximum Gasteiger partial charge on any atom is 0.344 e. The van der Waals surface area contributed by atoms with E-state index in [2.05, 4.69) is 6.92 Å². The van der Waals surface area contributed by atoms with Gasteiger partial charge >= 0.3 is 5.97 Å². The molecule has 2 aromatic carbocycles. The van der Waals surface area contributed by atoms with Crippen LogP contribution in [0, 0.1) is 0 Å². The van der Waals surface area contributed by atoms with E-state index < -0.39 is 12.1 Å². The first-order valence-electron chi connectivity index (χ1n) is 7.67. The molecule has 0 amide bonds. The van der Waals surface area contributed by atoms with E-state index >= 15 is 0 Å². The molecule has 0 aromatic heterocycles. The molecule has 0 heterocycles. The van der Waals surface area contributed by atoms with Crippen LogP contribution < -0.4 is 9.47 Å². The van der Waals surface area contributed by atoms with Gasteiger partial charge in [0, 0.05) is 10.8 Å². The standard InChI is InChI=1S/C18H22O4/c1-3-4-5-12-21-16-10-6-9-15-14(16)8-7-11-17(15)22-13(2)18(19)20/h6-11,13H,3-5,12H2,1-2H3,(H,19,20). The normalized spacial score (nSPS) is 12.1. The fourth-order valence-electron chi connectivity index (χ4n) is 2.26. The molecular weight excluding hydrogens is 280 g/mol. The number of rotatable bonds is 8. The summed E-state index contributed by atoms with van der Waals surface area (Å²) in [5, 5.41) is 10.8. The minimum absolute atomic E-state index is 0.561. The molecule has 0 aliphatic carbocycles. The first kappa shape index (κ1) is 16.1. The van der Waals surface area contributed by atoms with Gasteiger partial charge in [0.2, 0.25) is 0 Å². The molecule has 0 spiro atoms. The Morgan fingerprint density at radius 2 is 1.73 bits per heavy atom. The number of fused-ring (bicyclic) bond motifs is 1. The van der Waals surface area contributed by atoms with Gasteiger partial charge in [-0.15, -0.1) is 0 Å². The Labute approximate surface area is 130 Å². The van der Waals surface area contributed by atoms with Gasteiger partial charge in [0.25, 0.3) is 0 Å². The third-order valence-electron chi connectivity index (χ3n) is 3.50. The maximum atomic E-state index is 11.0. The molecule has 4 nitrogen and oxygen atoms in total. The van der Waals surface area contributed by atoms with E-state index in [4.69, 9.17) is 14.6 Å². The lowest BCUT2D eigenvalue weighted by Gasteiger charge is -2.14. The molecule has 4 heteroatoms. The lowest BCUT2D eigenvalue weighted by Crippen LogP contribution is -2.22. The van der Waals surface area contributed by atoms with Crippen molar-refractivity contribution in [1.82, 2.24) is 0 Å². The summed E-state index contributed by atoms with van der Waals surface area (Å²) in [4.78, 5) is 11.0. The molecule has 1 atom stereocenters. The molecular formula is C18H22O4. The largest absolute Gasteiger partial charge is 0.493 e. The molecule has 2 rings (SSSR count). The highest BCUT2D eigenvalue weighted by Crippen LogP contribution is 2.32. The number of ether oxygens (including phenoxy) is 2. The zero-order valence-electron chi connectivity index (χ0n) is 13.0. The summed E-state index contributed by atoms with van der Waals surface area (Å²) in [7, 11) is 0. The zero-order valence-corrected chi connectivity index (χ0v) is 13.0. The fourth-order valence-corrected chi connectivity index (χ4v) is 2.26.